The van der Waals surface area contributed by atoms with Crippen molar-refractivity contribution in [3.05, 3.63) is 56.4 Å². The van der Waals surface area contributed by atoms with E-state index in [1.165, 1.54) is 6.07 Å². The molecule has 1 aromatic carbocycles. The van der Waals surface area contributed by atoms with Gasteiger partial charge in [0.1, 0.15) is 5.82 Å². The number of thiophene rings is 1. The Balaban J connectivity index is 2.45. The maximum Gasteiger partial charge on any atom is 0.137 e. The first-order chi connectivity index (χ1) is 7.74. The Morgan fingerprint density at radius 3 is 2.75 bits per heavy atom. The van der Waals surface area contributed by atoms with Crippen molar-refractivity contribution < 1.29 is 4.39 Å². The third-order valence-corrected chi connectivity index (χ3v) is 4.06. The summed E-state index contributed by atoms with van der Waals surface area (Å²) in [6, 6.07) is 8.65. The molecule has 0 spiro atoms. The molecule has 2 nitrogen and oxygen atoms in total. The van der Waals surface area contributed by atoms with E-state index in [4.69, 9.17) is 5.84 Å². The van der Waals surface area contributed by atoms with E-state index in [9.17, 15) is 4.39 Å². The third kappa shape index (κ3) is 2.17. The SMILES string of the molecule is NNC(c1cccs1)c1cccc(F)c1Br. The van der Waals surface area contributed by atoms with E-state index in [0.29, 0.717) is 4.47 Å². The molecule has 5 heteroatoms. The van der Waals surface area contributed by atoms with Crippen LogP contribution in [0.25, 0.3) is 0 Å². The van der Waals surface area contributed by atoms with Gasteiger partial charge < -0.3 is 0 Å². The molecule has 3 N–H and O–H groups in total. The summed E-state index contributed by atoms with van der Waals surface area (Å²) >= 11 is 4.82. The molecule has 0 fully saturated rings. The van der Waals surface area contributed by atoms with Crippen molar-refractivity contribution in [2.75, 3.05) is 0 Å². The van der Waals surface area contributed by atoms with Gasteiger partial charge in [-0.1, -0.05) is 18.2 Å². The summed E-state index contributed by atoms with van der Waals surface area (Å²) in [5, 5.41) is 1.97. The van der Waals surface area contributed by atoms with Crippen molar-refractivity contribution in [3.8, 4) is 0 Å². The molecule has 0 amide bonds. The monoisotopic (exact) mass is 300 g/mol. The minimum atomic E-state index is -0.283. The Hall–Kier alpha value is -0.750. The van der Waals surface area contributed by atoms with E-state index in [0.717, 1.165) is 10.4 Å². The zero-order valence-electron chi connectivity index (χ0n) is 8.28. The number of benzene rings is 1. The highest BCUT2D eigenvalue weighted by Crippen LogP contribution is 2.31. The third-order valence-electron chi connectivity index (χ3n) is 2.29. The van der Waals surface area contributed by atoms with Crippen LogP contribution in [0, 0.1) is 5.82 Å². The molecule has 2 aromatic rings. The summed E-state index contributed by atoms with van der Waals surface area (Å²) in [6.45, 7) is 0. The molecule has 0 radical (unpaired) electrons. The van der Waals surface area contributed by atoms with Crippen LogP contribution in [0.3, 0.4) is 0 Å². The van der Waals surface area contributed by atoms with Crippen LogP contribution >= 0.6 is 27.3 Å². The topological polar surface area (TPSA) is 38.0 Å². The lowest BCUT2D eigenvalue weighted by Gasteiger charge is -2.16. The normalized spacial score (nSPS) is 12.7. The molecule has 1 heterocycles. The zero-order valence-corrected chi connectivity index (χ0v) is 10.7. The number of nitrogens with two attached hydrogens (primary N) is 1. The van der Waals surface area contributed by atoms with Crippen molar-refractivity contribution in [1.29, 1.82) is 0 Å². The van der Waals surface area contributed by atoms with Crippen LogP contribution in [-0.2, 0) is 0 Å². The maximum absolute atomic E-state index is 13.4. The fourth-order valence-corrected chi connectivity index (χ4v) is 2.82. The molecule has 84 valence electrons. The van der Waals surface area contributed by atoms with Gasteiger partial charge in [-0.15, -0.1) is 11.3 Å². The Morgan fingerprint density at radius 1 is 1.31 bits per heavy atom. The summed E-state index contributed by atoms with van der Waals surface area (Å²) in [7, 11) is 0. The molecule has 1 unspecified atom stereocenters. The summed E-state index contributed by atoms with van der Waals surface area (Å²) in [5.74, 6) is 5.25. The molecule has 1 aromatic heterocycles. The van der Waals surface area contributed by atoms with E-state index >= 15 is 0 Å². The largest absolute Gasteiger partial charge is 0.271 e. The lowest BCUT2D eigenvalue weighted by Crippen LogP contribution is -2.28. The van der Waals surface area contributed by atoms with Crippen molar-refractivity contribution in [1.82, 2.24) is 5.43 Å². The molecular formula is C11H10BrFN2S. The summed E-state index contributed by atoms with van der Waals surface area (Å²) in [4.78, 5) is 1.05. The number of hydrazine groups is 1. The van der Waals surface area contributed by atoms with Crippen LogP contribution in [-0.4, -0.2) is 0 Å². The molecule has 1 atom stereocenters. The van der Waals surface area contributed by atoms with Gasteiger partial charge in [0, 0.05) is 4.88 Å². The predicted molar refractivity (Wildman–Crippen MR) is 67.6 cm³/mol. The second-order valence-electron chi connectivity index (χ2n) is 3.26. The van der Waals surface area contributed by atoms with Crippen LogP contribution < -0.4 is 11.3 Å². The van der Waals surface area contributed by atoms with Gasteiger partial charge in [-0.05, 0) is 39.0 Å². The Morgan fingerprint density at radius 2 is 2.12 bits per heavy atom. The van der Waals surface area contributed by atoms with Crippen LogP contribution in [0.2, 0.25) is 0 Å². The standard InChI is InChI=1S/C11H10BrFN2S/c12-10-7(3-1-4-8(10)13)11(15-14)9-5-2-6-16-9/h1-6,11,15H,14H2. The van der Waals surface area contributed by atoms with E-state index in [2.05, 4.69) is 21.4 Å². The predicted octanol–water partition coefficient (Wildman–Crippen LogP) is 3.20. The lowest BCUT2D eigenvalue weighted by molar-refractivity contribution is 0.600. The fraction of sp³-hybridized carbons (Fsp3) is 0.0909. The van der Waals surface area contributed by atoms with E-state index in [1.807, 2.05) is 23.6 Å². The fourth-order valence-electron chi connectivity index (χ4n) is 1.52. The van der Waals surface area contributed by atoms with Gasteiger partial charge in [-0.25, -0.2) is 9.82 Å². The molecule has 0 saturated heterocycles. The van der Waals surface area contributed by atoms with Crippen LogP contribution in [0.15, 0.2) is 40.2 Å². The average Bonchev–Trinajstić information content (AvgIpc) is 2.79. The second-order valence-corrected chi connectivity index (χ2v) is 5.03. The van der Waals surface area contributed by atoms with Crippen molar-refractivity contribution in [2.24, 2.45) is 5.84 Å². The van der Waals surface area contributed by atoms with Gasteiger partial charge in [0.2, 0.25) is 0 Å². The summed E-state index contributed by atoms with van der Waals surface area (Å²) in [5.41, 5.74) is 3.50. The molecule has 0 aliphatic carbocycles. The smallest absolute Gasteiger partial charge is 0.137 e. The first kappa shape index (κ1) is 11.7. The van der Waals surface area contributed by atoms with E-state index < -0.39 is 0 Å². The maximum atomic E-state index is 13.4. The summed E-state index contributed by atoms with van der Waals surface area (Å²) in [6.07, 6.45) is 0. The van der Waals surface area contributed by atoms with Crippen LogP contribution in [0.4, 0.5) is 4.39 Å². The van der Waals surface area contributed by atoms with Crippen molar-refractivity contribution in [3.63, 3.8) is 0 Å². The Labute approximate surface area is 105 Å². The minimum Gasteiger partial charge on any atom is -0.271 e. The highest BCUT2D eigenvalue weighted by Gasteiger charge is 2.17. The zero-order chi connectivity index (χ0) is 11.5. The Bertz CT molecular complexity index is 473. The van der Waals surface area contributed by atoms with Crippen LogP contribution in [0.1, 0.15) is 16.5 Å². The number of halogens is 2. The number of rotatable bonds is 3. The molecule has 0 bridgehead atoms. The van der Waals surface area contributed by atoms with Gasteiger partial charge in [0.05, 0.1) is 10.5 Å². The molecular weight excluding hydrogens is 291 g/mol. The van der Waals surface area contributed by atoms with Crippen LogP contribution in [0.5, 0.6) is 0 Å². The number of hydrogen-bond acceptors (Lipinski definition) is 3. The summed E-state index contributed by atoms with van der Waals surface area (Å²) < 4.78 is 13.9. The minimum absolute atomic E-state index is 0.190. The van der Waals surface area contributed by atoms with Crippen molar-refractivity contribution >= 4 is 27.3 Å². The van der Waals surface area contributed by atoms with E-state index in [1.54, 1.807) is 17.4 Å². The van der Waals surface area contributed by atoms with Gasteiger partial charge in [0.15, 0.2) is 0 Å². The van der Waals surface area contributed by atoms with E-state index in [-0.39, 0.29) is 11.9 Å². The first-order valence-electron chi connectivity index (χ1n) is 4.67. The first-order valence-corrected chi connectivity index (χ1v) is 6.34. The molecule has 0 aliphatic rings. The van der Waals surface area contributed by atoms with Gasteiger partial charge in [0.25, 0.3) is 0 Å². The molecule has 0 aliphatic heterocycles. The highest BCUT2D eigenvalue weighted by molar-refractivity contribution is 9.10. The molecule has 16 heavy (non-hydrogen) atoms. The van der Waals surface area contributed by atoms with Gasteiger partial charge >= 0.3 is 0 Å². The molecule has 2 rings (SSSR count). The second kappa shape index (κ2) is 5.05. The quantitative estimate of drug-likeness (QED) is 0.675. The van der Waals surface area contributed by atoms with Crippen molar-refractivity contribution in [2.45, 2.75) is 6.04 Å². The lowest BCUT2D eigenvalue weighted by atomic mass is 10.1. The number of nitrogens with one attached hydrogen (secondary N) is 1. The highest BCUT2D eigenvalue weighted by atomic mass is 79.9. The van der Waals surface area contributed by atoms with Gasteiger partial charge in [-0.2, -0.15) is 0 Å². The molecule has 0 saturated carbocycles. The van der Waals surface area contributed by atoms with Gasteiger partial charge in [-0.3, -0.25) is 5.84 Å². The number of hydrogen-bond donors (Lipinski definition) is 2. The average molecular weight is 301 g/mol. The Kier molecular flexibility index (Phi) is 3.70.